The van der Waals surface area contributed by atoms with Crippen molar-refractivity contribution in [1.29, 1.82) is 0 Å². The van der Waals surface area contributed by atoms with Crippen LogP contribution < -0.4 is 5.32 Å². The van der Waals surface area contributed by atoms with Crippen molar-refractivity contribution in [3.8, 4) is 21.7 Å². The first kappa shape index (κ1) is 25.9. The smallest absolute Gasteiger partial charge is 0.244 e. The predicted molar refractivity (Wildman–Crippen MR) is 152 cm³/mol. The van der Waals surface area contributed by atoms with E-state index >= 15 is 0 Å². The zero-order valence-electron chi connectivity index (χ0n) is 21.0. The van der Waals surface area contributed by atoms with Crippen LogP contribution in [0.5, 0.6) is 0 Å². The molecule has 1 saturated heterocycles. The highest BCUT2D eigenvalue weighted by Crippen LogP contribution is 2.41. The van der Waals surface area contributed by atoms with Crippen molar-refractivity contribution in [3.05, 3.63) is 94.4 Å². The van der Waals surface area contributed by atoms with Gasteiger partial charge in [-0.25, -0.2) is 4.98 Å². The second-order valence-electron chi connectivity index (χ2n) is 9.32. The molecule has 2 aromatic heterocycles. The number of nitrogens with zero attached hydrogens (tertiary/aromatic N) is 2. The summed E-state index contributed by atoms with van der Waals surface area (Å²) in [7, 11) is 0. The van der Waals surface area contributed by atoms with Crippen molar-refractivity contribution in [3.63, 3.8) is 0 Å². The molecular weight excluding hydrogens is 518 g/mol. The van der Waals surface area contributed by atoms with E-state index in [1.54, 1.807) is 29.5 Å². The van der Waals surface area contributed by atoms with Crippen LogP contribution in [0.2, 0.25) is 5.02 Å². The Morgan fingerprint density at radius 1 is 1.08 bits per heavy atom. The standard InChI is InChI=1S/C30H28ClN3O3S/c1-20-4-6-22(7-5-20)29-28(21-8-10-24(31)11-9-21)33-30(38-29)23-14-16-34(17-15-23)27(36)19-32-26(35)13-12-25-3-2-18-37-25/h2-13,18,23H,14-17,19H2,1H3,(H,32,35)/b13-12-. The fourth-order valence-electron chi connectivity index (χ4n) is 4.47. The molecule has 0 bridgehead atoms. The van der Waals surface area contributed by atoms with Gasteiger partial charge in [0.15, 0.2) is 0 Å². The molecule has 0 atom stereocenters. The zero-order valence-corrected chi connectivity index (χ0v) is 22.6. The largest absolute Gasteiger partial charge is 0.465 e. The van der Waals surface area contributed by atoms with Crippen molar-refractivity contribution in [2.24, 2.45) is 0 Å². The number of hydrogen-bond donors (Lipinski definition) is 1. The monoisotopic (exact) mass is 545 g/mol. The molecule has 2 aromatic carbocycles. The molecule has 1 N–H and O–H groups in total. The highest BCUT2D eigenvalue weighted by molar-refractivity contribution is 7.15. The van der Waals surface area contributed by atoms with Gasteiger partial charge in [-0.15, -0.1) is 11.3 Å². The molecule has 0 unspecified atom stereocenters. The van der Waals surface area contributed by atoms with Gasteiger partial charge >= 0.3 is 0 Å². The number of benzene rings is 2. The lowest BCUT2D eigenvalue weighted by atomic mass is 9.97. The fraction of sp³-hybridized carbons (Fsp3) is 0.233. The first-order valence-corrected chi connectivity index (χ1v) is 13.8. The molecule has 38 heavy (non-hydrogen) atoms. The minimum absolute atomic E-state index is 0.0263. The summed E-state index contributed by atoms with van der Waals surface area (Å²) in [4.78, 5) is 32.8. The quantitative estimate of drug-likeness (QED) is 0.267. The van der Waals surface area contributed by atoms with Gasteiger partial charge in [0, 0.05) is 35.7 Å². The van der Waals surface area contributed by atoms with Gasteiger partial charge in [0.1, 0.15) is 5.76 Å². The Bertz CT molecular complexity index is 1360. The first-order chi connectivity index (χ1) is 18.5. The average molecular weight is 546 g/mol. The number of carbonyl (C=O) groups excluding carboxylic acids is 2. The van der Waals surface area contributed by atoms with E-state index in [1.807, 2.05) is 29.2 Å². The molecule has 0 spiro atoms. The van der Waals surface area contributed by atoms with E-state index in [1.165, 1.54) is 17.9 Å². The molecule has 194 valence electrons. The van der Waals surface area contributed by atoms with Crippen molar-refractivity contribution >= 4 is 40.8 Å². The minimum atomic E-state index is -0.328. The first-order valence-electron chi connectivity index (χ1n) is 12.6. The highest BCUT2D eigenvalue weighted by atomic mass is 35.5. The molecule has 0 aliphatic carbocycles. The van der Waals surface area contributed by atoms with Crippen molar-refractivity contribution in [2.45, 2.75) is 25.7 Å². The summed E-state index contributed by atoms with van der Waals surface area (Å²) < 4.78 is 5.17. The summed E-state index contributed by atoms with van der Waals surface area (Å²) in [6.45, 7) is 3.33. The number of hydrogen-bond acceptors (Lipinski definition) is 5. The maximum atomic E-state index is 12.7. The van der Waals surface area contributed by atoms with Gasteiger partial charge in [-0.3, -0.25) is 9.59 Å². The molecule has 8 heteroatoms. The third-order valence-electron chi connectivity index (χ3n) is 6.63. The minimum Gasteiger partial charge on any atom is -0.465 e. The van der Waals surface area contributed by atoms with Crippen LogP contribution in [0.3, 0.4) is 0 Å². The van der Waals surface area contributed by atoms with Gasteiger partial charge in [-0.1, -0.05) is 53.6 Å². The Kier molecular flexibility index (Phi) is 8.05. The number of thiazole rings is 1. The van der Waals surface area contributed by atoms with Crippen LogP contribution in [-0.2, 0) is 9.59 Å². The predicted octanol–water partition coefficient (Wildman–Crippen LogP) is 6.57. The van der Waals surface area contributed by atoms with Crippen LogP contribution in [0, 0.1) is 6.92 Å². The maximum Gasteiger partial charge on any atom is 0.244 e. The lowest BCUT2D eigenvalue weighted by Crippen LogP contribution is -2.43. The van der Waals surface area contributed by atoms with Crippen molar-refractivity contribution in [2.75, 3.05) is 19.6 Å². The van der Waals surface area contributed by atoms with Crippen LogP contribution >= 0.6 is 22.9 Å². The van der Waals surface area contributed by atoms with E-state index in [-0.39, 0.29) is 24.3 Å². The summed E-state index contributed by atoms with van der Waals surface area (Å²) in [6, 6.07) is 19.8. The highest BCUT2D eigenvalue weighted by Gasteiger charge is 2.27. The number of piperidine rings is 1. The Morgan fingerprint density at radius 3 is 2.47 bits per heavy atom. The van der Waals surface area contributed by atoms with Gasteiger partial charge in [0.25, 0.3) is 0 Å². The third-order valence-corrected chi connectivity index (χ3v) is 8.15. The number of aromatic nitrogens is 1. The van der Waals surface area contributed by atoms with Crippen LogP contribution in [-0.4, -0.2) is 41.3 Å². The summed E-state index contributed by atoms with van der Waals surface area (Å²) in [5.41, 5.74) is 4.37. The molecule has 1 aliphatic rings. The van der Waals surface area contributed by atoms with Gasteiger partial charge in [0.2, 0.25) is 11.8 Å². The molecule has 3 heterocycles. The molecule has 1 aliphatic heterocycles. The Hall–Kier alpha value is -3.68. The molecular formula is C30H28ClN3O3S. The van der Waals surface area contributed by atoms with Crippen LogP contribution in [0.1, 0.15) is 35.1 Å². The average Bonchev–Trinajstić information content (AvgIpc) is 3.62. The Morgan fingerprint density at radius 2 is 1.79 bits per heavy atom. The molecule has 2 amide bonds. The number of furan rings is 1. The molecule has 0 radical (unpaired) electrons. The Labute approximate surface area is 231 Å². The third kappa shape index (κ3) is 6.23. The van der Waals surface area contributed by atoms with E-state index in [2.05, 4.69) is 36.5 Å². The molecule has 6 nitrogen and oxygen atoms in total. The number of halogens is 1. The number of amides is 2. The summed E-state index contributed by atoms with van der Waals surface area (Å²) in [5.74, 6) is 0.455. The fourth-order valence-corrected chi connectivity index (χ4v) is 5.86. The van der Waals surface area contributed by atoms with Gasteiger partial charge in [-0.2, -0.15) is 0 Å². The summed E-state index contributed by atoms with van der Waals surface area (Å²) in [5, 5.41) is 4.45. The SMILES string of the molecule is Cc1ccc(-c2sc(C3CCN(C(=O)CNC(=O)/C=C\c4ccco4)CC3)nc2-c2ccc(Cl)cc2)cc1. The number of nitrogens with one attached hydrogen (secondary N) is 1. The number of rotatable bonds is 7. The van der Waals surface area contributed by atoms with Crippen molar-refractivity contribution < 1.29 is 14.0 Å². The topological polar surface area (TPSA) is 75.4 Å². The lowest BCUT2D eigenvalue weighted by Gasteiger charge is -2.31. The molecule has 4 aromatic rings. The van der Waals surface area contributed by atoms with E-state index in [9.17, 15) is 9.59 Å². The lowest BCUT2D eigenvalue weighted by molar-refractivity contribution is -0.133. The van der Waals surface area contributed by atoms with Crippen LogP contribution in [0.4, 0.5) is 0 Å². The number of carbonyl (C=O) groups is 2. The van der Waals surface area contributed by atoms with Gasteiger partial charge in [-0.05, 0) is 55.7 Å². The number of likely N-dealkylation sites (tertiary alicyclic amines) is 1. The second kappa shape index (κ2) is 11.8. The van der Waals surface area contributed by atoms with Crippen LogP contribution in [0.25, 0.3) is 27.8 Å². The van der Waals surface area contributed by atoms with Gasteiger partial charge < -0.3 is 14.6 Å². The van der Waals surface area contributed by atoms with Gasteiger partial charge in [0.05, 0.1) is 28.4 Å². The normalized spacial score (nSPS) is 14.2. The number of aryl methyl sites for hydroxylation is 1. The summed E-state index contributed by atoms with van der Waals surface area (Å²) >= 11 is 7.87. The Balaban J connectivity index is 1.23. The van der Waals surface area contributed by atoms with E-state index in [0.29, 0.717) is 23.9 Å². The summed E-state index contributed by atoms with van der Waals surface area (Å²) in [6.07, 6.45) is 6.14. The zero-order chi connectivity index (χ0) is 26.5. The van der Waals surface area contributed by atoms with Crippen LogP contribution in [0.15, 0.2) is 77.4 Å². The van der Waals surface area contributed by atoms with E-state index in [4.69, 9.17) is 21.0 Å². The maximum absolute atomic E-state index is 12.7. The molecule has 5 rings (SSSR count). The van der Waals surface area contributed by atoms with E-state index in [0.717, 1.165) is 39.5 Å². The van der Waals surface area contributed by atoms with E-state index < -0.39 is 0 Å². The molecule has 0 saturated carbocycles. The molecule has 1 fully saturated rings. The second-order valence-corrected chi connectivity index (χ2v) is 10.8. The van der Waals surface area contributed by atoms with Crippen molar-refractivity contribution in [1.82, 2.24) is 15.2 Å².